The SMILES string of the molecule is C[C@@H]1CNc2ccc(-c3cccc(C(C)(F)F)c3)nc2N(C(=O)Nc2cnccn2)C1. The van der Waals surface area contributed by atoms with E-state index in [9.17, 15) is 13.6 Å². The van der Waals surface area contributed by atoms with E-state index >= 15 is 0 Å². The Bertz CT molecular complexity index is 1090. The molecule has 160 valence electrons. The van der Waals surface area contributed by atoms with Gasteiger partial charge in [-0.3, -0.25) is 15.2 Å². The summed E-state index contributed by atoms with van der Waals surface area (Å²) in [5, 5.41) is 6.04. The number of aromatic nitrogens is 3. The van der Waals surface area contributed by atoms with E-state index in [2.05, 4.69) is 25.6 Å². The molecule has 2 aromatic heterocycles. The second-order valence-corrected chi connectivity index (χ2v) is 7.65. The molecule has 7 nitrogen and oxygen atoms in total. The highest BCUT2D eigenvalue weighted by atomic mass is 19.3. The fourth-order valence-electron chi connectivity index (χ4n) is 3.37. The van der Waals surface area contributed by atoms with Gasteiger partial charge in [0.2, 0.25) is 0 Å². The lowest BCUT2D eigenvalue weighted by Gasteiger charge is -2.23. The number of hydrogen-bond acceptors (Lipinski definition) is 5. The fourth-order valence-corrected chi connectivity index (χ4v) is 3.37. The van der Waals surface area contributed by atoms with Crippen LogP contribution in [-0.4, -0.2) is 34.1 Å². The summed E-state index contributed by atoms with van der Waals surface area (Å²) in [6, 6.07) is 9.29. The molecule has 3 heterocycles. The highest BCUT2D eigenvalue weighted by molar-refractivity contribution is 6.02. The number of nitrogens with zero attached hydrogens (tertiary/aromatic N) is 4. The number of hydrogen-bond donors (Lipinski definition) is 2. The first-order chi connectivity index (χ1) is 14.8. The summed E-state index contributed by atoms with van der Waals surface area (Å²) in [5.41, 5.74) is 1.65. The van der Waals surface area contributed by atoms with Gasteiger partial charge in [-0.15, -0.1) is 0 Å². The number of rotatable bonds is 3. The largest absolute Gasteiger partial charge is 0.382 e. The van der Waals surface area contributed by atoms with Crippen molar-refractivity contribution in [3.8, 4) is 11.3 Å². The standard InChI is InChI=1S/C22H22F2N6O/c1-14-11-27-18-7-6-17(15-4-3-5-16(10-15)22(2,23)24)28-20(18)30(13-14)21(31)29-19-12-25-8-9-26-19/h3-10,12,14,27H,11,13H2,1-2H3,(H,26,29,31)/t14-/m1/s1. The van der Waals surface area contributed by atoms with Crippen LogP contribution < -0.4 is 15.5 Å². The lowest BCUT2D eigenvalue weighted by Crippen LogP contribution is -2.38. The minimum atomic E-state index is -2.96. The predicted octanol–water partition coefficient (Wildman–Crippen LogP) is 4.75. The van der Waals surface area contributed by atoms with Crippen LogP contribution in [0.2, 0.25) is 0 Å². The highest BCUT2D eigenvalue weighted by Crippen LogP contribution is 2.34. The molecule has 0 fully saturated rings. The van der Waals surface area contributed by atoms with Gasteiger partial charge in [-0.2, -0.15) is 0 Å². The molecule has 0 aliphatic carbocycles. The molecule has 1 aliphatic heterocycles. The van der Waals surface area contributed by atoms with E-state index in [-0.39, 0.29) is 11.5 Å². The molecule has 1 aliphatic rings. The van der Waals surface area contributed by atoms with Crippen LogP contribution in [-0.2, 0) is 5.92 Å². The minimum Gasteiger partial charge on any atom is -0.382 e. The van der Waals surface area contributed by atoms with Crippen molar-refractivity contribution >= 4 is 23.4 Å². The normalized spacial score (nSPS) is 16.1. The lowest BCUT2D eigenvalue weighted by molar-refractivity contribution is 0.0175. The first-order valence-corrected chi connectivity index (χ1v) is 9.89. The third-order valence-electron chi connectivity index (χ3n) is 4.97. The van der Waals surface area contributed by atoms with Crippen LogP contribution in [0.1, 0.15) is 19.4 Å². The zero-order valence-electron chi connectivity index (χ0n) is 17.1. The molecule has 0 radical (unpaired) electrons. The molecule has 31 heavy (non-hydrogen) atoms. The van der Waals surface area contributed by atoms with Gasteiger partial charge in [0, 0.05) is 43.5 Å². The van der Waals surface area contributed by atoms with Gasteiger partial charge in [0.25, 0.3) is 5.92 Å². The molecule has 3 aromatic rings. The van der Waals surface area contributed by atoms with Gasteiger partial charge in [0.1, 0.15) is 0 Å². The molecular formula is C22H22F2N6O. The highest BCUT2D eigenvalue weighted by Gasteiger charge is 2.28. The topological polar surface area (TPSA) is 83.0 Å². The number of fused-ring (bicyclic) bond motifs is 1. The number of pyridine rings is 1. The molecular weight excluding hydrogens is 402 g/mol. The first-order valence-electron chi connectivity index (χ1n) is 9.89. The number of urea groups is 1. The quantitative estimate of drug-likeness (QED) is 0.634. The third kappa shape index (κ3) is 4.60. The molecule has 4 rings (SSSR count). The number of amides is 2. The first kappa shape index (κ1) is 20.6. The Morgan fingerprint density at radius 1 is 1.26 bits per heavy atom. The van der Waals surface area contributed by atoms with Crippen LogP contribution in [0.4, 0.5) is 30.9 Å². The molecule has 0 saturated carbocycles. The van der Waals surface area contributed by atoms with E-state index in [1.54, 1.807) is 18.2 Å². The molecule has 9 heteroatoms. The van der Waals surface area contributed by atoms with Crippen LogP contribution in [0.5, 0.6) is 0 Å². The molecule has 1 aromatic carbocycles. The van der Waals surface area contributed by atoms with Crippen molar-refractivity contribution in [1.82, 2.24) is 15.0 Å². The maximum absolute atomic E-state index is 13.8. The third-order valence-corrected chi connectivity index (χ3v) is 4.97. The van der Waals surface area contributed by atoms with Gasteiger partial charge in [-0.25, -0.2) is 23.5 Å². The number of halogens is 2. The average Bonchev–Trinajstić information content (AvgIpc) is 2.92. The monoisotopic (exact) mass is 424 g/mol. The maximum Gasteiger partial charge on any atom is 0.328 e. The molecule has 2 N–H and O–H groups in total. The van der Waals surface area contributed by atoms with Crippen molar-refractivity contribution in [2.75, 3.05) is 28.6 Å². The van der Waals surface area contributed by atoms with Crippen LogP contribution in [0, 0.1) is 5.92 Å². The van der Waals surface area contributed by atoms with Gasteiger partial charge in [0.05, 0.1) is 17.6 Å². The Morgan fingerprint density at radius 3 is 2.84 bits per heavy atom. The fraction of sp³-hybridized carbons (Fsp3) is 0.273. The van der Waals surface area contributed by atoms with E-state index in [1.165, 1.54) is 35.6 Å². The van der Waals surface area contributed by atoms with Crippen molar-refractivity contribution in [3.63, 3.8) is 0 Å². The van der Waals surface area contributed by atoms with Crippen LogP contribution in [0.15, 0.2) is 55.0 Å². The number of anilines is 3. The number of carbonyl (C=O) groups excluding carboxylic acids is 1. The minimum absolute atomic E-state index is 0.0919. The van der Waals surface area contributed by atoms with Crippen LogP contribution in [0.25, 0.3) is 11.3 Å². The summed E-state index contributed by atoms with van der Waals surface area (Å²) in [4.78, 5) is 27.3. The van der Waals surface area contributed by atoms with E-state index < -0.39 is 12.0 Å². The summed E-state index contributed by atoms with van der Waals surface area (Å²) in [6.07, 6.45) is 4.46. The van der Waals surface area contributed by atoms with Gasteiger partial charge in [-0.1, -0.05) is 25.1 Å². The molecule has 0 spiro atoms. The second kappa shape index (κ2) is 8.25. The van der Waals surface area contributed by atoms with Gasteiger partial charge in [-0.05, 0) is 24.1 Å². The Morgan fingerprint density at radius 2 is 2.10 bits per heavy atom. The van der Waals surface area contributed by atoms with Crippen molar-refractivity contribution in [1.29, 1.82) is 0 Å². The lowest BCUT2D eigenvalue weighted by atomic mass is 10.0. The summed E-state index contributed by atoms with van der Waals surface area (Å²) >= 11 is 0. The number of alkyl halides is 2. The summed E-state index contributed by atoms with van der Waals surface area (Å²) < 4.78 is 27.6. The van der Waals surface area contributed by atoms with Gasteiger partial charge >= 0.3 is 6.03 Å². The zero-order valence-corrected chi connectivity index (χ0v) is 17.1. The van der Waals surface area contributed by atoms with Crippen molar-refractivity contribution in [2.45, 2.75) is 19.8 Å². The van der Waals surface area contributed by atoms with Gasteiger partial charge < -0.3 is 5.32 Å². The molecule has 0 unspecified atom stereocenters. The molecule has 2 amide bonds. The average molecular weight is 424 g/mol. The molecule has 1 atom stereocenters. The van der Waals surface area contributed by atoms with E-state index in [1.807, 2.05) is 13.0 Å². The Kier molecular flexibility index (Phi) is 5.50. The van der Waals surface area contributed by atoms with Crippen molar-refractivity contribution < 1.29 is 13.6 Å². The van der Waals surface area contributed by atoms with Crippen LogP contribution >= 0.6 is 0 Å². The Hall–Kier alpha value is -3.62. The van der Waals surface area contributed by atoms with E-state index in [4.69, 9.17) is 0 Å². The number of carbonyl (C=O) groups is 1. The Balaban J connectivity index is 1.71. The van der Waals surface area contributed by atoms with E-state index in [0.29, 0.717) is 41.7 Å². The number of benzene rings is 1. The summed E-state index contributed by atoms with van der Waals surface area (Å²) in [5.74, 6) is -2.04. The number of nitrogens with one attached hydrogen (secondary N) is 2. The predicted molar refractivity (Wildman–Crippen MR) is 115 cm³/mol. The van der Waals surface area contributed by atoms with Crippen molar-refractivity contribution in [3.05, 3.63) is 60.6 Å². The maximum atomic E-state index is 13.8. The molecule has 0 saturated heterocycles. The molecule has 0 bridgehead atoms. The van der Waals surface area contributed by atoms with Crippen molar-refractivity contribution in [2.24, 2.45) is 5.92 Å². The van der Waals surface area contributed by atoms with E-state index in [0.717, 1.165) is 6.92 Å². The summed E-state index contributed by atoms with van der Waals surface area (Å²) in [7, 11) is 0. The summed E-state index contributed by atoms with van der Waals surface area (Å²) in [6.45, 7) is 3.98. The smallest absolute Gasteiger partial charge is 0.328 e. The van der Waals surface area contributed by atoms with Crippen LogP contribution in [0.3, 0.4) is 0 Å². The Labute approximate surface area is 178 Å². The van der Waals surface area contributed by atoms with Gasteiger partial charge in [0.15, 0.2) is 11.6 Å². The zero-order chi connectivity index (χ0) is 22.0. The second-order valence-electron chi connectivity index (χ2n) is 7.65.